The second-order valence-electron chi connectivity index (χ2n) is 5.90. The van der Waals surface area contributed by atoms with Crippen molar-refractivity contribution in [3.05, 3.63) is 36.5 Å². The smallest absolute Gasteiger partial charge is 0.254 e. The summed E-state index contributed by atoms with van der Waals surface area (Å²) in [5.74, 6) is 1.67. The van der Waals surface area contributed by atoms with E-state index in [9.17, 15) is 4.79 Å². The fourth-order valence-corrected chi connectivity index (χ4v) is 2.72. The lowest BCUT2D eigenvalue weighted by molar-refractivity contribution is 0.0932. The lowest BCUT2D eigenvalue weighted by Gasteiger charge is -2.34. The molecular formula is C16H21N5O2. The van der Waals surface area contributed by atoms with Gasteiger partial charge in [-0.3, -0.25) is 4.79 Å². The van der Waals surface area contributed by atoms with E-state index in [0.29, 0.717) is 5.56 Å². The SMILES string of the molecule is CN(C)c1cc(N2CCC[C@@H](NC(=O)c3ccoc3)C2)ncn1. The van der Waals surface area contributed by atoms with Crippen molar-refractivity contribution >= 4 is 17.5 Å². The van der Waals surface area contributed by atoms with Crippen molar-refractivity contribution in [1.82, 2.24) is 15.3 Å². The summed E-state index contributed by atoms with van der Waals surface area (Å²) in [6.45, 7) is 1.68. The zero-order valence-corrected chi connectivity index (χ0v) is 13.4. The monoisotopic (exact) mass is 315 g/mol. The second-order valence-corrected chi connectivity index (χ2v) is 5.90. The number of nitrogens with one attached hydrogen (secondary N) is 1. The van der Waals surface area contributed by atoms with Gasteiger partial charge in [-0.05, 0) is 18.9 Å². The van der Waals surface area contributed by atoms with Crippen molar-refractivity contribution in [2.75, 3.05) is 37.0 Å². The molecule has 23 heavy (non-hydrogen) atoms. The summed E-state index contributed by atoms with van der Waals surface area (Å²) in [5.41, 5.74) is 0.555. The Morgan fingerprint density at radius 3 is 3.04 bits per heavy atom. The van der Waals surface area contributed by atoms with E-state index in [1.165, 1.54) is 12.5 Å². The van der Waals surface area contributed by atoms with Crippen LogP contribution in [0.25, 0.3) is 0 Å². The van der Waals surface area contributed by atoms with Gasteiger partial charge in [0.05, 0.1) is 11.8 Å². The molecule has 1 saturated heterocycles. The maximum absolute atomic E-state index is 12.1. The molecule has 1 atom stereocenters. The van der Waals surface area contributed by atoms with Crippen LogP contribution in [0, 0.1) is 0 Å². The third-order valence-corrected chi connectivity index (χ3v) is 3.96. The van der Waals surface area contributed by atoms with E-state index < -0.39 is 0 Å². The Kier molecular flexibility index (Phi) is 4.45. The molecule has 2 aromatic rings. The summed E-state index contributed by atoms with van der Waals surface area (Å²) in [6.07, 6.45) is 6.52. The van der Waals surface area contributed by atoms with Gasteiger partial charge in [0.25, 0.3) is 5.91 Å². The number of aromatic nitrogens is 2. The zero-order chi connectivity index (χ0) is 16.2. The average molecular weight is 315 g/mol. The molecule has 0 bridgehead atoms. The minimum absolute atomic E-state index is 0.0951. The summed E-state index contributed by atoms with van der Waals surface area (Å²) in [6, 6.07) is 3.74. The Bertz CT molecular complexity index is 656. The third-order valence-electron chi connectivity index (χ3n) is 3.96. The van der Waals surface area contributed by atoms with Crippen LogP contribution in [0.1, 0.15) is 23.2 Å². The normalized spacial score (nSPS) is 17.8. The molecule has 1 aliphatic heterocycles. The van der Waals surface area contributed by atoms with Crippen LogP contribution in [0.15, 0.2) is 35.4 Å². The molecule has 0 aliphatic carbocycles. The fourth-order valence-electron chi connectivity index (χ4n) is 2.72. The molecule has 0 aromatic carbocycles. The minimum atomic E-state index is -0.0951. The molecule has 1 fully saturated rings. The van der Waals surface area contributed by atoms with Gasteiger partial charge in [0.1, 0.15) is 24.2 Å². The van der Waals surface area contributed by atoms with Crippen molar-refractivity contribution in [2.45, 2.75) is 18.9 Å². The van der Waals surface area contributed by atoms with Crippen LogP contribution in [0.3, 0.4) is 0 Å². The Hall–Kier alpha value is -2.57. The van der Waals surface area contributed by atoms with Crippen molar-refractivity contribution in [3.8, 4) is 0 Å². The molecule has 0 unspecified atom stereocenters. The van der Waals surface area contributed by atoms with E-state index in [-0.39, 0.29) is 11.9 Å². The molecule has 1 amide bonds. The number of amides is 1. The largest absolute Gasteiger partial charge is 0.472 e. The highest BCUT2D eigenvalue weighted by Crippen LogP contribution is 2.20. The molecule has 7 heteroatoms. The number of furan rings is 1. The van der Waals surface area contributed by atoms with Crippen LogP contribution in [-0.2, 0) is 0 Å². The van der Waals surface area contributed by atoms with Gasteiger partial charge in [-0.25, -0.2) is 9.97 Å². The van der Waals surface area contributed by atoms with Crippen LogP contribution >= 0.6 is 0 Å². The molecule has 122 valence electrons. The molecular weight excluding hydrogens is 294 g/mol. The van der Waals surface area contributed by atoms with Gasteiger partial charge in [0.15, 0.2) is 0 Å². The van der Waals surface area contributed by atoms with Crippen LogP contribution in [0.4, 0.5) is 11.6 Å². The number of anilines is 2. The number of carbonyl (C=O) groups is 1. The van der Waals surface area contributed by atoms with Crippen LogP contribution in [0.2, 0.25) is 0 Å². The Morgan fingerprint density at radius 2 is 2.30 bits per heavy atom. The summed E-state index contributed by atoms with van der Waals surface area (Å²) in [4.78, 5) is 24.9. The highest BCUT2D eigenvalue weighted by molar-refractivity contribution is 5.94. The average Bonchev–Trinajstić information content (AvgIpc) is 3.10. The summed E-state index contributed by atoms with van der Waals surface area (Å²) in [5, 5.41) is 3.06. The molecule has 0 saturated carbocycles. The number of rotatable bonds is 4. The highest BCUT2D eigenvalue weighted by atomic mass is 16.3. The van der Waals surface area contributed by atoms with Gasteiger partial charge in [0.2, 0.25) is 0 Å². The maximum Gasteiger partial charge on any atom is 0.254 e. The fraction of sp³-hybridized carbons (Fsp3) is 0.438. The van der Waals surface area contributed by atoms with E-state index in [2.05, 4.69) is 20.2 Å². The van der Waals surface area contributed by atoms with Gasteiger partial charge >= 0.3 is 0 Å². The van der Waals surface area contributed by atoms with Gasteiger partial charge in [-0.15, -0.1) is 0 Å². The molecule has 0 radical (unpaired) electrons. The van der Waals surface area contributed by atoms with Crippen molar-refractivity contribution in [2.24, 2.45) is 0 Å². The lowest BCUT2D eigenvalue weighted by Crippen LogP contribution is -2.48. The first-order chi connectivity index (χ1) is 11.1. The number of hydrogen-bond donors (Lipinski definition) is 1. The number of carbonyl (C=O) groups excluding carboxylic acids is 1. The first kappa shape index (κ1) is 15.3. The predicted molar refractivity (Wildman–Crippen MR) is 87.8 cm³/mol. The van der Waals surface area contributed by atoms with E-state index in [0.717, 1.165) is 37.6 Å². The number of hydrogen-bond acceptors (Lipinski definition) is 6. The van der Waals surface area contributed by atoms with E-state index in [1.807, 2.05) is 25.1 Å². The topological polar surface area (TPSA) is 74.5 Å². The second kappa shape index (κ2) is 6.68. The molecule has 1 aliphatic rings. The van der Waals surface area contributed by atoms with Gasteiger partial charge in [-0.1, -0.05) is 0 Å². The Morgan fingerprint density at radius 1 is 1.43 bits per heavy atom. The van der Waals surface area contributed by atoms with Gasteiger partial charge in [-0.2, -0.15) is 0 Å². The Balaban J connectivity index is 1.66. The van der Waals surface area contributed by atoms with Crippen LogP contribution in [0.5, 0.6) is 0 Å². The van der Waals surface area contributed by atoms with Crippen molar-refractivity contribution in [1.29, 1.82) is 0 Å². The number of piperidine rings is 1. The van der Waals surface area contributed by atoms with E-state index >= 15 is 0 Å². The standard InChI is InChI=1S/C16H21N5O2/c1-20(2)14-8-15(18-11-17-14)21-6-3-4-13(9-21)19-16(22)12-5-7-23-10-12/h5,7-8,10-11,13H,3-4,6,9H2,1-2H3,(H,19,22)/t13-/m1/s1. The first-order valence-corrected chi connectivity index (χ1v) is 7.71. The third kappa shape index (κ3) is 3.61. The van der Waals surface area contributed by atoms with E-state index in [4.69, 9.17) is 4.42 Å². The lowest BCUT2D eigenvalue weighted by atomic mass is 10.1. The van der Waals surface area contributed by atoms with E-state index in [1.54, 1.807) is 12.4 Å². The highest BCUT2D eigenvalue weighted by Gasteiger charge is 2.23. The summed E-state index contributed by atoms with van der Waals surface area (Å²) < 4.78 is 4.96. The quantitative estimate of drug-likeness (QED) is 0.922. The Labute approximate surface area is 135 Å². The molecule has 2 aromatic heterocycles. The molecule has 3 rings (SSSR count). The molecule has 7 nitrogen and oxygen atoms in total. The first-order valence-electron chi connectivity index (χ1n) is 7.71. The molecule has 0 spiro atoms. The molecule has 3 heterocycles. The van der Waals surface area contributed by atoms with Gasteiger partial charge < -0.3 is 19.5 Å². The zero-order valence-electron chi connectivity index (χ0n) is 13.4. The maximum atomic E-state index is 12.1. The van der Waals surface area contributed by atoms with Crippen molar-refractivity contribution < 1.29 is 9.21 Å². The molecule has 1 N–H and O–H groups in total. The number of nitrogens with zero attached hydrogens (tertiary/aromatic N) is 4. The van der Waals surface area contributed by atoms with Gasteiger partial charge in [0, 0.05) is 39.3 Å². The minimum Gasteiger partial charge on any atom is -0.472 e. The van der Waals surface area contributed by atoms with Crippen LogP contribution in [-0.4, -0.2) is 49.1 Å². The van der Waals surface area contributed by atoms with Crippen molar-refractivity contribution in [3.63, 3.8) is 0 Å². The summed E-state index contributed by atoms with van der Waals surface area (Å²) >= 11 is 0. The van der Waals surface area contributed by atoms with Crippen LogP contribution < -0.4 is 15.1 Å². The predicted octanol–water partition coefficient (Wildman–Crippen LogP) is 1.53. The summed E-state index contributed by atoms with van der Waals surface area (Å²) in [7, 11) is 3.91.